The Morgan fingerprint density at radius 1 is 0.574 bits per heavy atom. The molecule has 0 aromatic heterocycles. The third kappa shape index (κ3) is 5.63. The summed E-state index contributed by atoms with van der Waals surface area (Å²) in [4.78, 5) is 2.41. The van der Waals surface area contributed by atoms with Crippen LogP contribution in [0.5, 0.6) is 0 Å². The summed E-state index contributed by atoms with van der Waals surface area (Å²) in [5, 5.41) is 21.8. The van der Waals surface area contributed by atoms with Crippen molar-refractivity contribution in [3.05, 3.63) is 232 Å². The van der Waals surface area contributed by atoms with E-state index in [1.54, 1.807) is 0 Å². The van der Waals surface area contributed by atoms with Crippen LogP contribution in [0, 0.1) is 18.3 Å². The highest BCUT2D eigenvalue weighted by Crippen LogP contribution is 2.58. The minimum Gasteiger partial charge on any atom is -0.367 e. The van der Waals surface area contributed by atoms with Gasteiger partial charge in [-0.05, 0) is 149 Å². The summed E-state index contributed by atoms with van der Waals surface area (Å²) in [7, 11) is 0. The Morgan fingerprint density at radius 2 is 1.20 bits per heavy atom. The lowest BCUT2D eigenvalue weighted by molar-refractivity contribution is 0.590. The van der Waals surface area contributed by atoms with E-state index >= 15 is 0 Å². The Bertz CT molecular complexity index is 3320. The van der Waals surface area contributed by atoms with Gasteiger partial charge in [-0.3, -0.25) is 4.90 Å². The predicted octanol–water partition coefficient (Wildman–Crippen LogP) is 14.2. The van der Waals surface area contributed by atoms with Crippen molar-refractivity contribution in [2.45, 2.75) is 45.1 Å². The van der Waals surface area contributed by atoms with Gasteiger partial charge in [-0.15, -0.1) is 0 Å². The maximum atomic E-state index is 10.4. The number of fused-ring (bicyclic) bond motifs is 10. The number of benzene rings is 9. The van der Waals surface area contributed by atoms with E-state index in [2.05, 4.69) is 220 Å². The van der Waals surface area contributed by atoms with Crippen molar-refractivity contribution in [3.8, 4) is 17.2 Å². The minimum atomic E-state index is -0.708. The van der Waals surface area contributed by atoms with Crippen molar-refractivity contribution in [2.75, 3.05) is 4.90 Å². The van der Waals surface area contributed by atoms with Crippen molar-refractivity contribution in [3.63, 3.8) is 0 Å². The summed E-state index contributed by atoms with van der Waals surface area (Å²) in [5.74, 6) is 1.02. The summed E-state index contributed by atoms with van der Waals surface area (Å²) >= 11 is 0. The van der Waals surface area contributed by atoms with E-state index in [1.807, 2.05) is 6.07 Å². The summed E-state index contributed by atoms with van der Waals surface area (Å²) < 4.78 is 0. The third-order valence-corrected chi connectivity index (χ3v) is 13.3. The predicted molar refractivity (Wildman–Crippen MR) is 254 cm³/mol. The summed E-state index contributed by atoms with van der Waals surface area (Å²) in [5.41, 5.74) is 14.2. The third-order valence-electron chi connectivity index (χ3n) is 13.3. The van der Waals surface area contributed by atoms with Gasteiger partial charge in [-0.1, -0.05) is 154 Å². The SMILES string of the molecule is Cc1ccccc1C1(c2ccc3ccccc3c2)c2cc(C#N)ccc2-c2ccc(N(C3=Cc4c(c5ccccc5c5ccccc45)CN3)c3ccc(C(C)(C)C)cc3)cc21. The first-order valence-corrected chi connectivity index (χ1v) is 21.3. The molecule has 61 heavy (non-hydrogen) atoms. The van der Waals surface area contributed by atoms with E-state index in [0.29, 0.717) is 12.1 Å². The Balaban J connectivity index is 1.20. The Hall–Kier alpha value is -7.41. The highest BCUT2D eigenvalue weighted by molar-refractivity contribution is 6.13. The van der Waals surface area contributed by atoms with Gasteiger partial charge in [0.05, 0.1) is 17.0 Å². The molecule has 0 amide bonds. The summed E-state index contributed by atoms with van der Waals surface area (Å²) in [6, 6.07) is 66.8. The van der Waals surface area contributed by atoms with Gasteiger partial charge < -0.3 is 5.32 Å². The molecule has 0 fully saturated rings. The molecular formula is C58H45N3. The Labute approximate surface area is 357 Å². The molecule has 0 spiro atoms. The molecule has 1 unspecified atom stereocenters. The lowest BCUT2D eigenvalue weighted by Gasteiger charge is -2.37. The number of hydrogen-bond acceptors (Lipinski definition) is 3. The molecule has 3 nitrogen and oxygen atoms in total. The highest BCUT2D eigenvalue weighted by atomic mass is 15.3. The number of nitrogens with zero attached hydrogens (tertiary/aromatic N) is 2. The van der Waals surface area contributed by atoms with Crippen LogP contribution in [-0.4, -0.2) is 0 Å². The van der Waals surface area contributed by atoms with Crippen LogP contribution in [0.1, 0.15) is 70.8 Å². The molecule has 1 heterocycles. The van der Waals surface area contributed by atoms with Crippen LogP contribution in [0.15, 0.2) is 182 Å². The van der Waals surface area contributed by atoms with Crippen LogP contribution in [0.3, 0.4) is 0 Å². The van der Waals surface area contributed by atoms with Crippen LogP contribution in [-0.2, 0) is 17.4 Å². The summed E-state index contributed by atoms with van der Waals surface area (Å²) in [6.07, 6.45) is 2.37. The minimum absolute atomic E-state index is 0.0132. The maximum Gasteiger partial charge on any atom is 0.111 e. The number of hydrogen-bond donors (Lipinski definition) is 1. The fraction of sp³-hybridized carbons (Fsp3) is 0.121. The lowest BCUT2D eigenvalue weighted by Crippen LogP contribution is -2.32. The Kier molecular flexibility index (Phi) is 8.31. The van der Waals surface area contributed by atoms with E-state index in [9.17, 15) is 5.26 Å². The van der Waals surface area contributed by atoms with Gasteiger partial charge in [0.15, 0.2) is 0 Å². The van der Waals surface area contributed by atoms with Crippen molar-refractivity contribution >= 4 is 49.8 Å². The smallest absolute Gasteiger partial charge is 0.111 e. The zero-order chi connectivity index (χ0) is 41.5. The fourth-order valence-corrected chi connectivity index (χ4v) is 10.3. The van der Waals surface area contributed by atoms with Gasteiger partial charge in [0.2, 0.25) is 0 Å². The zero-order valence-electron chi connectivity index (χ0n) is 34.9. The molecule has 1 aliphatic carbocycles. The molecule has 9 aromatic carbocycles. The largest absolute Gasteiger partial charge is 0.367 e. The van der Waals surface area contributed by atoms with Crippen LogP contribution >= 0.6 is 0 Å². The van der Waals surface area contributed by atoms with E-state index < -0.39 is 5.41 Å². The maximum absolute atomic E-state index is 10.4. The Morgan fingerprint density at radius 3 is 1.93 bits per heavy atom. The zero-order valence-corrected chi connectivity index (χ0v) is 34.9. The first-order valence-electron chi connectivity index (χ1n) is 21.3. The first-order chi connectivity index (χ1) is 29.7. The number of nitriles is 1. The number of rotatable bonds is 5. The molecule has 3 heteroatoms. The lowest BCUT2D eigenvalue weighted by atomic mass is 9.66. The number of anilines is 2. The first kappa shape index (κ1) is 36.7. The van der Waals surface area contributed by atoms with Gasteiger partial charge in [0.25, 0.3) is 0 Å². The van der Waals surface area contributed by atoms with Crippen LogP contribution in [0.2, 0.25) is 0 Å². The molecule has 0 saturated carbocycles. The standard InChI is InChI=1S/C58H45N3/c1-37-13-5-12-20-53(37)58(42-23-22-39-14-6-7-15-40(39)32-42)54-31-38(35-59)21-29-49(54)50-30-28-44(33-55(50)58)61(43-26-24-41(25-27-43)57(2,3)4)56-34-51-47-18-10-8-16-45(47)46-17-9-11-19-48(46)52(51)36-60-56/h5-34,60H,36H2,1-4H3. The molecule has 9 aromatic rings. The topological polar surface area (TPSA) is 39.1 Å². The van der Waals surface area contributed by atoms with Crippen molar-refractivity contribution in [1.82, 2.24) is 5.32 Å². The second-order valence-electron chi connectivity index (χ2n) is 17.7. The van der Waals surface area contributed by atoms with Gasteiger partial charge in [-0.25, -0.2) is 0 Å². The van der Waals surface area contributed by atoms with Crippen LogP contribution < -0.4 is 10.2 Å². The number of aryl methyl sites for hydroxylation is 1. The quantitative estimate of drug-likeness (QED) is 0.177. The average molecular weight is 784 g/mol. The molecule has 1 atom stereocenters. The highest BCUT2D eigenvalue weighted by Gasteiger charge is 2.47. The normalized spacial score (nSPS) is 15.4. The molecule has 1 N–H and O–H groups in total. The van der Waals surface area contributed by atoms with Crippen LogP contribution in [0.25, 0.3) is 49.5 Å². The van der Waals surface area contributed by atoms with E-state index in [4.69, 9.17) is 0 Å². The van der Waals surface area contributed by atoms with E-state index in [-0.39, 0.29) is 5.41 Å². The van der Waals surface area contributed by atoms with Gasteiger partial charge >= 0.3 is 0 Å². The molecule has 1 aliphatic heterocycles. The van der Waals surface area contributed by atoms with Crippen molar-refractivity contribution < 1.29 is 0 Å². The monoisotopic (exact) mass is 783 g/mol. The second kappa shape index (κ2) is 13.8. The molecular weight excluding hydrogens is 739 g/mol. The molecule has 11 rings (SSSR count). The van der Waals surface area contributed by atoms with Crippen molar-refractivity contribution in [1.29, 1.82) is 5.26 Å². The molecule has 2 aliphatic rings. The van der Waals surface area contributed by atoms with Crippen LogP contribution in [0.4, 0.5) is 11.4 Å². The van der Waals surface area contributed by atoms with Gasteiger partial charge in [-0.2, -0.15) is 5.26 Å². The fourth-order valence-electron chi connectivity index (χ4n) is 10.3. The van der Waals surface area contributed by atoms with Gasteiger partial charge in [0, 0.05) is 17.9 Å². The average Bonchev–Trinajstić information content (AvgIpc) is 3.58. The van der Waals surface area contributed by atoms with E-state index in [0.717, 1.165) is 28.3 Å². The number of nitrogens with one attached hydrogen (secondary N) is 1. The van der Waals surface area contributed by atoms with E-state index in [1.165, 1.54) is 76.8 Å². The van der Waals surface area contributed by atoms with Gasteiger partial charge in [0.1, 0.15) is 5.82 Å². The second-order valence-corrected chi connectivity index (χ2v) is 17.7. The molecule has 0 bridgehead atoms. The summed E-state index contributed by atoms with van der Waals surface area (Å²) in [6.45, 7) is 9.72. The van der Waals surface area contributed by atoms with Crippen molar-refractivity contribution in [2.24, 2.45) is 0 Å². The molecule has 0 radical (unpaired) electrons. The molecule has 0 saturated heterocycles. The molecule has 292 valence electrons.